The summed E-state index contributed by atoms with van der Waals surface area (Å²) in [5, 5.41) is 0. The molecule has 0 aromatic carbocycles. The smallest absolute Gasteiger partial charge is 0.181 e. The number of thiophene rings is 1. The minimum absolute atomic E-state index is 0.828. The van der Waals surface area contributed by atoms with E-state index < -0.39 is 0 Å². The third-order valence-electron chi connectivity index (χ3n) is 1.53. The fourth-order valence-corrected chi connectivity index (χ4v) is 2.41. The van der Waals surface area contributed by atoms with Gasteiger partial charge in [0, 0.05) is 9.35 Å². The SMILES string of the molecule is Cc1sc(-c2cnco2)cc1Br. The van der Waals surface area contributed by atoms with E-state index in [2.05, 4.69) is 27.8 Å². The molecule has 4 heteroatoms. The molecular formula is C8H6BrNOS. The van der Waals surface area contributed by atoms with E-state index in [1.165, 1.54) is 11.3 Å². The van der Waals surface area contributed by atoms with Crippen LogP contribution in [-0.2, 0) is 0 Å². The normalized spacial score (nSPS) is 10.5. The van der Waals surface area contributed by atoms with E-state index >= 15 is 0 Å². The van der Waals surface area contributed by atoms with Crippen LogP contribution in [0.2, 0.25) is 0 Å². The lowest BCUT2D eigenvalue weighted by Gasteiger charge is -1.84. The van der Waals surface area contributed by atoms with Crippen molar-refractivity contribution < 1.29 is 4.42 Å². The van der Waals surface area contributed by atoms with E-state index in [1.807, 2.05) is 6.07 Å². The lowest BCUT2D eigenvalue weighted by Crippen LogP contribution is -1.60. The second-order valence-corrected chi connectivity index (χ2v) is 4.49. The van der Waals surface area contributed by atoms with Crippen molar-refractivity contribution in [2.75, 3.05) is 0 Å². The molecule has 0 aliphatic carbocycles. The molecule has 2 heterocycles. The van der Waals surface area contributed by atoms with Gasteiger partial charge in [-0.15, -0.1) is 11.3 Å². The van der Waals surface area contributed by atoms with Crippen molar-refractivity contribution in [1.29, 1.82) is 0 Å². The molecule has 62 valence electrons. The summed E-state index contributed by atoms with van der Waals surface area (Å²) in [6.45, 7) is 2.06. The molecule has 0 aliphatic rings. The molecule has 12 heavy (non-hydrogen) atoms. The standard InChI is InChI=1S/C8H6BrNOS/c1-5-6(9)2-8(12-5)7-3-10-4-11-7/h2-4H,1H3. The van der Waals surface area contributed by atoms with Crippen molar-refractivity contribution >= 4 is 27.3 Å². The van der Waals surface area contributed by atoms with Crippen molar-refractivity contribution in [3.8, 4) is 10.6 Å². The molecule has 0 radical (unpaired) electrons. The molecule has 0 spiro atoms. The molecule has 0 fully saturated rings. The summed E-state index contributed by atoms with van der Waals surface area (Å²) in [7, 11) is 0. The second-order valence-electron chi connectivity index (χ2n) is 2.38. The highest BCUT2D eigenvalue weighted by Crippen LogP contribution is 2.33. The van der Waals surface area contributed by atoms with Crippen molar-refractivity contribution in [2.45, 2.75) is 6.92 Å². The Hall–Kier alpha value is -0.610. The minimum atomic E-state index is 0.828. The molecule has 2 rings (SSSR count). The van der Waals surface area contributed by atoms with Gasteiger partial charge < -0.3 is 4.42 Å². The topological polar surface area (TPSA) is 26.0 Å². The third kappa shape index (κ3) is 1.32. The van der Waals surface area contributed by atoms with Gasteiger partial charge in [-0.05, 0) is 28.9 Å². The Morgan fingerprint density at radius 3 is 2.92 bits per heavy atom. The van der Waals surface area contributed by atoms with Gasteiger partial charge in [0.05, 0.1) is 11.1 Å². The number of oxazole rings is 1. The first-order valence-corrected chi connectivity index (χ1v) is 5.03. The molecular weight excluding hydrogens is 238 g/mol. The Balaban J connectivity index is 2.48. The van der Waals surface area contributed by atoms with Crippen LogP contribution in [0.1, 0.15) is 4.88 Å². The first-order valence-electron chi connectivity index (χ1n) is 3.42. The van der Waals surface area contributed by atoms with Crippen molar-refractivity contribution in [3.05, 3.63) is 28.0 Å². The number of rotatable bonds is 1. The van der Waals surface area contributed by atoms with E-state index in [4.69, 9.17) is 4.42 Å². The Morgan fingerprint density at radius 2 is 2.42 bits per heavy atom. The largest absolute Gasteiger partial charge is 0.443 e. The Labute approximate surface area is 82.4 Å². The van der Waals surface area contributed by atoms with Crippen LogP contribution < -0.4 is 0 Å². The monoisotopic (exact) mass is 243 g/mol. The molecule has 2 aromatic rings. The number of halogens is 1. The molecule has 0 saturated carbocycles. The fourth-order valence-electron chi connectivity index (χ4n) is 0.919. The van der Waals surface area contributed by atoms with Crippen LogP contribution in [0.4, 0.5) is 0 Å². The minimum Gasteiger partial charge on any atom is -0.443 e. The number of aromatic nitrogens is 1. The molecule has 2 nitrogen and oxygen atoms in total. The Morgan fingerprint density at radius 1 is 1.58 bits per heavy atom. The molecule has 0 N–H and O–H groups in total. The first kappa shape index (κ1) is 8.01. The Bertz CT molecular complexity index is 360. The summed E-state index contributed by atoms with van der Waals surface area (Å²) in [6.07, 6.45) is 3.16. The highest BCUT2D eigenvalue weighted by atomic mass is 79.9. The average Bonchev–Trinajstić information content (AvgIpc) is 2.61. The third-order valence-corrected chi connectivity index (χ3v) is 3.68. The van der Waals surface area contributed by atoms with Crippen LogP contribution in [0.3, 0.4) is 0 Å². The van der Waals surface area contributed by atoms with Gasteiger partial charge in [0.1, 0.15) is 0 Å². The van der Waals surface area contributed by atoms with Gasteiger partial charge in [-0.2, -0.15) is 0 Å². The van der Waals surface area contributed by atoms with Crippen LogP contribution in [0.15, 0.2) is 27.5 Å². The summed E-state index contributed by atoms with van der Waals surface area (Å²) in [6, 6.07) is 2.04. The molecule has 2 aromatic heterocycles. The van der Waals surface area contributed by atoms with Gasteiger partial charge in [0.25, 0.3) is 0 Å². The Kier molecular flexibility index (Phi) is 2.02. The molecule has 0 unspecified atom stereocenters. The van der Waals surface area contributed by atoms with Gasteiger partial charge in [-0.1, -0.05) is 0 Å². The summed E-state index contributed by atoms with van der Waals surface area (Å²) in [4.78, 5) is 6.22. The lowest BCUT2D eigenvalue weighted by atomic mass is 10.4. The average molecular weight is 244 g/mol. The number of aryl methyl sites for hydroxylation is 1. The second kappa shape index (κ2) is 3.03. The number of hydrogen-bond donors (Lipinski definition) is 0. The van der Waals surface area contributed by atoms with Gasteiger partial charge >= 0.3 is 0 Å². The van der Waals surface area contributed by atoms with Gasteiger partial charge in [0.2, 0.25) is 0 Å². The maximum Gasteiger partial charge on any atom is 0.181 e. The molecule has 0 saturated heterocycles. The van der Waals surface area contributed by atoms with Gasteiger partial charge in [0.15, 0.2) is 12.2 Å². The maximum atomic E-state index is 5.17. The van der Waals surface area contributed by atoms with E-state index in [1.54, 1.807) is 17.5 Å². The van der Waals surface area contributed by atoms with Crippen molar-refractivity contribution in [3.63, 3.8) is 0 Å². The van der Waals surface area contributed by atoms with Crippen molar-refractivity contribution in [1.82, 2.24) is 4.98 Å². The number of nitrogens with zero attached hydrogens (tertiary/aromatic N) is 1. The van der Waals surface area contributed by atoms with E-state index in [0.717, 1.165) is 15.1 Å². The summed E-state index contributed by atoms with van der Waals surface area (Å²) < 4.78 is 6.29. The first-order chi connectivity index (χ1) is 5.77. The molecule has 0 atom stereocenters. The maximum absolute atomic E-state index is 5.17. The molecule has 0 bridgehead atoms. The van der Waals surface area contributed by atoms with Crippen LogP contribution in [-0.4, -0.2) is 4.98 Å². The predicted molar refractivity (Wildman–Crippen MR) is 52.3 cm³/mol. The number of hydrogen-bond acceptors (Lipinski definition) is 3. The zero-order chi connectivity index (χ0) is 8.55. The quantitative estimate of drug-likeness (QED) is 0.767. The van der Waals surface area contributed by atoms with E-state index in [9.17, 15) is 0 Å². The zero-order valence-corrected chi connectivity index (χ0v) is 8.78. The summed E-state index contributed by atoms with van der Waals surface area (Å²) in [5.74, 6) is 0.828. The van der Waals surface area contributed by atoms with Crippen LogP contribution in [0.25, 0.3) is 10.6 Å². The predicted octanol–water partition coefficient (Wildman–Crippen LogP) is 3.47. The fraction of sp³-hybridized carbons (Fsp3) is 0.125. The lowest BCUT2D eigenvalue weighted by molar-refractivity contribution is 0.573. The molecule has 0 amide bonds. The highest BCUT2D eigenvalue weighted by molar-refractivity contribution is 9.10. The van der Waals surface area contributed by atoms with Gasteiger partial charge in [-0.3, -0.25) is 0 Å². The van der Waals surface area contributed by atoms with Crippen LogP contribution in [0.5, 0.6) is 0 Å². The van der Waals surface area contributed by atoms with Crippen LogP contribution in [0, 0.1) is 6.92 Å². The zero-order valence-electron chi connectivity index (χ0n) is 6.37. The van der Waals surface area contributed by atoms with E-state index in [-0.39, 0.29) is 0 Å². The molecule has 0 aliphatic heterocycles. The van der Waals surface area contributed by atoms with E-state index in [0.29, 0.717) is 0 Å². The highest BCUT2D eigenvalue weighted by Gasteiger charge is 2.06. The summed E-state index contributed by atoms with van der Waals surface area (Å²) in [5.41, 5.74) is 0. The van der Waals surface area contributed by atoms with Crippen LogP contribution >= 0.6 is 27.3 Å². The van der Waals surface area contributed by atoms with Gasteiger partial charge in [-0.25, -0.2) is 4.98 Å². The van der Waals surface area contributed by atoms with Crippen molar-refractivity contribution in [2.24, 2.45) is 0 Å². The summed E-state index contributed by atoms with van der Waals surface area (Å²) >= 11 is 5.14.